The summed E-state index contributed by atoms with van der Waals surface area (Å²) in [4.78, 5) is 4.44. The van der Waals surface area contributed by atoms with Gasteiger partial charge in [-0.05, 0) is 48.6 Å². The van der Waals surface area contributed by atoms with Crippen LogP contribution in [0, 0.1) is 19.3 Å². The van der Waals surface area contributed by atoms with Crippen molar-refractivity contribution >= 4 is 22.1 Å². The molecule has 2 aromatic rings. The highest BCUT2D eigenvalue weighted by molar-refractivity contribution is 7.89. The second-order valence-electron chi connectivity index (χ2n) is 6.06. The monoisotopic (exact) mass is 344 g/mol. The molecule has 1 aliphatic heterocycles. The van der Waals surface area contributed by atoms with Crippen LogP contribution in [0.3, 0.4) is 0 Å². The second kappa shape index (κ2) is 5.99. The lowest BCUT2D eigenvalue weighted by Gasteiger charge is -2.29. The van der Waals surface area contributed by atoms with Crippen molar-refractivity contribution in [2.75, 3.05) is 12.3 Å². The van der Waals surface area contributed by atoms with Crippen LogP contribution >= 0.6 is 0 Å². The summed E-state index contributed by atoms with van der Waals surface area (Å²) >= 11 is 0. The summed E-state index contributed by atoms with van der Waals surface area (Å²) in [6.07, 6.45) is 3.33. The van der Waals surface area contributed by atoms with Crippen molar-refractivity contribution in [3.8, 4) is 0 Å². The first kappa shape index (κ1) is 16.6. The number of fused-ring (bicyclic) bond motifs is 1. The van der Waals surface area contributed by atoms with Crippen molar-refractivity contribution in [2.45, 2.75) is 31.7 Å². The predicted octanol–water partition coefficient (Wildman–Crippen LogP) is 2.03. The smallest absolute Gasteiger partial charge is 0.243 e. The van der Waals surface area contributed by atoms with Crippen molar-refractivity contribution in [1.29, 1.82) is 5.41 Å². The minimum atomic E-state index is -3.57. The lowest BCUT2D eigenvalue weighted by Crippen LogP contribution is -2.37. The molecule has 0 radical (unpaired) electrons. The fourth-order valence-corrected chi connectivity index (χ4v) is 4.78. The fourth-order valence-electron chi connectivity index (χ4n) is 3.05. The van der Waals surface area contributed by atoms with E-state index < -0.39 is 10.0 Å². The van der Waals surface area contributed by atoms with Crippen molar-refractivity contribution in [1.82, 2.24) is 9.29 Å². The Morgan fingerprint density at radius 3 is 2.79 bits per heavy atom. The second-order valence-corrected chi connectivity index (χ2v) is 7.97. The summed E-state index contributed by atoms with van der Waals surface area (Å²) in [6, 6.07) is 5.45. The van der Waals surface area contributed by atoms with Gasteiger partial charge in [-0.2, -0.15) is 4.31 Å². The van der Waals surface area contributed by atoms with Gasteiger partial charge in [0.2, 0.25) is 10.0 Å². The normalized spacial score (nSPS) is 15.1. The Labute approximate surface area is 141 Å². The molecule has 0 aliphatic carbocycles. The van der Waals surface area contributed by atoms with Crippen LogP contribution in [-0.4, -0.2) is 30.5 Å². The minimum Gasteiger partial charge on any atom is -0.383 e. The van der Waals surface area contributed by atoms with Gasteiger partial charge in [0.15, 0.2) is 0 Å². The van der Waals surface area contributed by atoms with Crippen LogP contribution in [0.4, 0.5) is 5.82 Å². The maximum Gasteiger partial charge on any atom is 0.243 e. The zero-order valence-electron chi connectivity index (χ0n) is 13.7. The Morgan fingerprint density at radius 2 is 2.08 bits per heavy atom. The summed E-state index contributed by atoms with van der Waals surface area (Å²) < 4.78 is 27.5. The SMILES string of the molecule is Cc1ccc(C)c(S(=O)(=O)N2CCc3c(cnc(N)c3C=N)C2)c1. The number of benzene rings is 1. The number of rotatable bonds is 3. The molecule has 24 heavy (non-hydrogen) atoms. The summed E-state index contributed by atoms with van der Waals surface area (Å²) in [5.41, 5.74) is 9.78. The number of nitrogens with zero attached hydrogens (tertiary/aromatic N) is 2. The van der Waals surface area contributed by atoms with Gasteiger partial charge in [0, 0.05) is 31.1 Å². The maximum absolute atomic E-state index is 13.0. The van der Waals surface area contributed by atoms with E-state index in [0.29, 0.717) is 29.2 Å². The molecule has 0 spiro atoms. The van der Waals surface area contributed by atoms with E-state index in [1.807, 2.05) is 19.1 Å². The molecule has 2 heterocycles. The van der Waals surface area contributed by atoms with E-state index in [4.69, 9.17) is 11.1 Å². The van der Waals surface area contributed by atoms with Crippen LogP contribution in [0.15, 0.2) is 29.3 Å². The topological polar surface area (TPSA) is 100 Å². The predicted molar refractivity (Wildman–Crippen MR) is 93.8 cm³/mol. The number of nitrogen functional groups attached to an aromatic ring is 1. The first-order valence-corrected chi connectivity index (χ1v) is 9.12. The first-order chi connectivity index (χ1) is 11.3. The van der Waals surface area contributed by atoms with E-state index in [9.17, 15) is 8.42 Å². The number of hydrogen-bond donors (Lipinski definition) is 2. The lowest BCUT2D eigenvalue weighted by molar-refractivity contribution is 0.390. The summed E-state index contributed by atoms with van der Waals surface area (Å²) in [5, 5.41) is 7.51. The molecule has 6 nitrogen and oxygen atoms in total. The maximum atomic E-state index is 13.0. The van der Waals surface area contributed by atoms with E-state index in [0.717, 1.165) is 22.3 Å². The van der Waals surface area contributed by atoms with Gasteiger partial charge in [-0.15, -0.1) is 0 Å². The van der Waals surface area contributed by atoms with Gasteiger partial charge >= 0.3 is 0 Å². The van der Waals surface area contributed by atoms with Gasteiger partial charge in [0.05, 0.1) is 4.90 Å². The molecule has 0 unspecified atom stereocenters. The summed E-state index contributed by atoms with van der Waals surface area (Å²) in [7, 11) is -3.57. The van der Waals surface area contributed by atoms with Crippen LogP contribution in [0.25, 0.3) is 0 Å². The number of sulfonamides is 1. The summed E-state index contributed by atoms with van der Waals surface area (Å²) in [5.74, 6) is 0.314. The summed E-state index contributed by atoms with van der Waals surface area (Å²) in [6.45, 7) is 4.30. The number of hydrogen-bond acceptors (Lipinski definition) is 5. The van der Waals surface area contributed by atoms with E-state index >= 15 is 0 Å². The van der Waals surface area contributed by atoms with Crippen molar-refractivity contribution in [2.24, 2.45) is 0 Å². The van der Waals surface area contributed by atoms with E-state index in [1.54, 1.807) is 19.2 Å². The molecular formula is C17H20N4O2S. The molecule has 0 amide bonds. The Kier molecular flexibility index (Phi) is 4.15. The zero-order valence-corrected chi connectivity index (χ0v) is 14.5. The quantitative estimate of drug-likeness (QED) is 0.832. The van der Waals surface area contributed by atoms with Gasteiger partial charge in [-0.3, -0.25) is 0 Å². The molecule has 7 heteroatoms. The third kappa shape index (κ3) is 2.70. The van der Waals surface area contributed by atoms with Gasteiger partial charge in [-0.25, -0.2) is 13.4 Å². The Bertz CT molecular complexity index is 922. The Hall–Kier alpha value is -2.25. The van der Waals surface area contributed by atoms with Crippen LogP contribution < -0.4 is 5.73 Å². The van der Waals surface area contributed by atoms with E-state index in [2.05, 4.69) is 4.98 Å². The Morgan fingerprint density at radius 1 is 1.33 bits per heavy atom. The van der Waals surface area contributed by atoms with E-state index in [-0.39, 0.29) is 6.54 Å². The van der Waals surface area contributed by atoms with Crippen LogP contribution in [0.5, 0.6) is 0 Å². The van der Waals surface area contributed by atoms with Gasteiger partial charge in [0.1, 0.15) is 5.82 Å². The molecule has 1 aromatic heterocycles. The highest BCUT2D eigenvalue weighted by atomic mass is 32.2. The molecule has 0 fully saturated rings. The zero-order chi connectivity index (χ0) is 17.5. The molecule has 0 saturated carbocycles. The lowest BCUT2D eigenvalue weighted by atomic mass is 9.98. The van der Waals surface area contributed by atoms with Gasteiger partial charge in [-0.1, -0.05) is 12.1 Å². The molecule has 1 aromatic carbocycles. The number of nitrogens with two attached hydrogens (primary N) is 1. The molecule has 126 valence electrons. The highest BCUT2D eigenvalue weighted by Crippen LogP contribution is 2.29. The van der Waals surface area contributed by atoms with Crippen molar-refractivity contribution in [3.63, 3.8) is 0 Å². The number of pyridine rings is 1. The number of anilines is 1. The molecule has 3 N–H and O–H groups in total. The standard InChI is InChI=1S/C17H20N4O2S/c1-11-3-4-12(2)16(7-11)24(22,23)21-6-5-14-13(10-21)9-20-17(19)15(14)8-18/h3-4,7-9,18H,5-6,10H2,1-2H3,(H2,19,20). The largest absolute Gasteiger partial charge is 0.383 e. The molecule has 0 bridgehead atoms. The number of nitrogens with one attached hydrogen (secondary N) is 1. The fraction of sp³-hybridized carbons (Fsp3) is 0.294. The molecule has 0 saturated heterocycles. The van der Waals surface area contributed by atoms with Crippen molar-refractivity contribution < 1.29 is 8.42 Å². The number of aryl methyl sites for hydroxylation is 2. The number of aromatic nitrogens is 1. The molecule has 3 rings (SSSR count). The third-order valence-electron chi connectivity index (χ3n) is 4.41. The van der Waals surface area contributed by atoms with Gasteiger partial charge < -0.3 is 11.1 Å². The average molecular weight is 344 g/mol. The molecule has 0 atom stereocenters. The molecular weight excluding hydrogens is 324 g/mol. The third-order valence-corrected chi connectivity index (χ3v) is 6.40. The van der Waals surface area contributed by atoms with Crippen molar-refractivity contribution in [3.05, 3.63) is 52.2 Å². The Balaban J connectivity index is 2.01. The molecule has 1 aliphatic rings. The minimum absolute atomic E-state index is 0.249. The first-order valence-electron chi connectivity index (χ1n) is 7.68. The average Bonchev–Trinajstić information content (AvgIpc) is 2.56. The van der Waals surface area contributed by atoms with E-state index in [1.165, 1.54) is 10.5 Å². The van der Waals surface area contributed by atoms with Crippen LogP contribution in [0.1, 0.15) is 27.8 Å². The van der Waals surface area contributed by atoms with Crippen LogP contribution in [0.2, 0.25) is 0 Å². The van der Waals surface area contributed by atoms with Crippen LogP contribution in [-0.2, 0) is 23.0 Å². The highest BCUT2D eigenvalue weighted by Gasteiger charge is 2.30. The van der Waals surface area contributed by atoms with Gasteiger partial charge in [0.25, 0.3) is 0 Å².